The van der Waals surface area contributed by atoms with Gasteiger partial charge in [0.25, 0.3) is 5.91 Å². The quantitative estimate of drug-likeness (QED) is 0.821. The van der Waals surface area contributed by atoms with Crippen LogP contribution in [0.3, 0.4) is 0 Å². The lowest BCUT2D eigenvalue weighted by molar-refractivity contribution is 0.0964. The van der Waals surface area contributed by atoms with Crippen molar-refractivity contribution in [3.8, 4) is 0 Å². The standard InChI is InChI=1S/C10H16N4OS/c1-12-9(15)7-8(11)13-16-10(7)14(2)5-6-3-4-6/h6H,3-5H2,1-2H3,(H2,11,13)(H,12,15). The second-order valence-corrected chi connectivity index (χ2v) is 4.90. The van der Waals surface area contributed by atoms with Gasteiger partial charge in [0.05, 0.1) is 0 Å². The van der Waals surface area contributed by atoms with Gasteiger partial charge in [0.1, 0.15) is 10.6 Å². The number of amides is 1. The number of hydrogen-bond acceptors (Lipinski definition) is 5. The molecule has 0 unspecified atom stereocenters. The van der Waals surface area contributed by atoms with E-state index >= 15 is 0 Å². The molecule has 1 aliphatic rings. The molecule has 1 aliphatic carbocycles. The van der Waals surface area contributed by atoms with Crippen LogP contribution >= 0.6 is 11.5 Å². The molecule has 0 aromatic carbocycles. The number of carbonyl (C=O) groups excluding carboxylic acids is 1. The normalized spacial score (nSPS) is 14.9. The molecule has 0 atom stereocenters. The fraction of sp³-hybridized carbons (Fsp3) is 0.600. The Morgan fingerprint density at radius 2 is 2.38 bits per heavy atom. The van der Waals surface area contributed by atoms with Gasteiger partial charge in [-0.1, -0.05) is 0 Å². The van der Waals surface area contributed by atoms with Gasteiger partial charge in [0.2, 0.25) is 0 Å². The maximum Gasteiger partial charge on any atom is 0.257 e. The van der Waals surface area contributed by atoms with Crippen molar-refractivity contribution in [2.75, 3.05) is 31.3 Å². The number of carbonyl (C=O) groups is 1. The minimum atomic E-state index is -0.163. The van der Waals surface area contributed by atoms with E-state index in [2.05, 4.69) is 14.6 Å². The molecule has 1 aromatic heterocycles. The zero-order valence-electron chi connectivity index (χ0n) is 9.49. The van der Waals surface area contributed by atoms with Gasteiger partial charge >= 0.3 is 0 Å². The Bertz CT molecular complexity index is 400. The molecular formula is C10H16N4OS. The molecule has 1 aromatic rings. The van der Waals surface area contributed by atoms with E-state index in [-0.39, 0.29) is 5.91 Å². The monoisotopic (exact) mass is 240 g/mol. The third-order valence-corrected chi connectivity index (χ3v) is 3.71. The zero-order valence-corrected chi connectivity index (χ0v) is 10.3. The van der Waals surface area contributed by atoms with Crippen molar-refractivity contribution in [1.29, 1.82) is 0 Å². The summed E-state index contributed by atoms with van der Waals surface area (Å²) in [6.07, 6.45) is 2.57. The lowest BCUT2D eigenvalue weighted by Gasteiger charge is -2.17. The van der Waals surface area contributed by atoms with Crippen LogP contribution in [0.2, 0.25) is 0 Å². The van der Waals surface area contributed by atoms with Gasteiger partial charge in [0.15, 0.2) is 5.82 Å². The Balaban J connectivity index is 2.21. The number of nitrogens with one attached hydrogen (secondary N) is 1. The van der Waals surface area contributed by atoms with Crippen LogP contribution in [0.5, 0.6) is 0 Å². The summed E-state index contributed by atoms with van der Waals surface area (Å²) in [5.74, 6) is 0.928. The Labute approximate surface area is 98.8 Å². The molecule has 0 aliphatic heterocycles. The summed E-state index contributed by atoms with van der Waals surface area (Å²) in [5, 5.41) is 3.46. The molecule has 6 heteroatoms. The van der Waals surface area contributed by atoms with Gasteiger partial charge in [-0.05, 0) is 30.3 Å². The molecule has 1 saturated carbocycles. The van der Waals surface area contributed by atoms with Crippen molar-refractivity contribution in [3.05, 3.63) is 5.56 Å². The number of nitrogens with zero attached hydrogens (tertiary/aromatic N) is 2. The number of rotatable bonds is 4. The van der Waals surface area contributed by atoms with Crippen molar-refractivity contribution < 1.29 is 4.79 Å². The minimum Gasteiger partial charge on any atom is -0.382 e. The maximum absolute atomic E-state index is 11.7. The third-order valence-electron chi connectivity index (χ3n) is 2.73. The van der Waals surface area contributed by atoms with Crippen LogP contribution in [0.4, 0.5) is 10.8 Å². The zero-order chi connectivity index (χ0) is 11.7. The largest absolute Gasteiger partial charge is 0.382 e. The van der Waals surface area contributed by atoms with Crippen molar-refractivity contribution in [2.45, 2.75) is 12.8 Å². The molecule has 1 amide bonds. The highest BCUT2D eigenvalue weighted by Gasteiger charge is 2.27. The molecule has 0 saturated heterocycles. The SMILES string of the molecule is CNC(=O)c1c(N)nsc1N(C)CC1CC1. The highest BCUT2D eigenvalue weighted by atomic mass is 32.1. The van der Waals surface area contributed by atoms with Gasteiger partial charge in [-0.15, -0.1) is 0 Å². The van der Waals surface area contributed by atoms with Crippen molar-refractivity contribution in [1.82, 2.24) is 9.69 Å². The van der Waals surface area contributed by atoms with Gasteiger partial charge in [-0.2, -0.15) is 4.37 Å². The second-order valence-electron chi connectivity index (χ2n) is 4.15. The smallest absolute Gasteiger partial charge is 0.257 e. The number of nitrogen functional groups attached to an aromatic ring is 1. The van der Waals surface area contributed by atoms with Crippen molar-refractivity contribution >= 4 is 28.3 Å². The first-order chi connectivity index (χ1) is 7.63. The van der Waals surface area contributed by atoms with E-state index < -0.39 is 0 Å². The second kappa shape index (κ2) is 4.29. The molecule has 5 nitrogen and oxygen atoms in total. The van der Waals surface area contributed by atoms with E-state index in [1.807, 2.05) is 7.05 Å². The molecule has 0 spiro atoms. The Kier molecular flexibility index (Phi) is 3.00. The molecule has 0 bridgehead atoms. The first kappa shape index (κ1) is 11.2. The fourth-order valence-corrected chi connectivity index (χ4v) is 2.44. The number of anilines is 2. The predicted molar refractivity (Wildman–Crippen MR) is 65.9 cm³/mol. The summed E-state index contributed by atoms with van der Waals surface area (Å²) >= 11 is 1.29. The average molecular weight is 240 g/mol. The topological polar surface area (TPSA) is 71.2 Å². The number of hydrogen-bond donors (Lipinski definition) is 2. The fourth-order valence-electron chi connectivity index (χ4n) is 1.66. The van der Waals surface area contributed by atoms with E-state index in [9.17, 15) is 4.79 Å². The summed E-state index contributed by atoms with van der Waals surface area (Å²) in [6, 6.07) is 0. The molecule has 1 fully saturated rings. The van der Waals surface area contributed by atoms with Gasteiger partial charge in [-0.3, -0.25) is 4.79 Å². The van der Waals surface area contributed by atoms with Crippen LogP contribution in [0.25, 0.3) is 0 Å². The predicted octanol–water partition coefficient (Wildman–Crippen LogP) is 0.931. The van der Waals surface area contributed by atoms with Crippen LogP contribution in [0.15, 0.2) is 0 Å². The van der Waals surface area contributed by atoms with Crippen LogP contribution in [0.1, 0.15) is 23.2 Å². The minimum absolute atomic E-state index is 0.163. The van der Waals surface area contributed by atoms with Crippen LogP contribution < -0.4 is 16.0 Å². The molecule has 0 radical (unpaired) electrons. The highest BCUT2D eigenvalue weighted by Crippen LogP contribution is 2.34. The highest BCUT2D eigenvalue weighted by molar-refractivity contribution is 7.11. The van der Waals surface area contributed by atoms with Crippen LogP contribution in [-0.4, -0.2) is 30.9 Å². The Morgan fingerprint density at radius 1 is 1.69 bits per heavy atom. The summed E-state index contributed by atoms with van der Waals surface area (Å²) in [6.45, 7) is 0.978. The van der Waals surface area contributed by atoms with Gasteiger partial charge < -0.3 is 16.0 Å². The summed E-state index contributed by atoms with van der Waals surface area (Å²) in [7, 11) is 3.59. The molecule has 1 heterocycles. The molecule has 2 rings (SSSR count). The first-order valence-electron chi connectivity index (χ1n) is 5.31. The Hall–Kier alpha value is -1.30. The van der Waals surface area contributed by atoms with E-state index in [1.165, 1.54) is 24.4 Å². The molecule has 3 N–H and O–H groups in total. The van der Waals surface area contributed by atoms with Crippen LogP contribution in [-0.2, 0) is 0 Å². The third kappa shape index (κ3) is 2.11. The van der Waals surface area contributed by atoms with Crippen molar-refractivity contribution in [2.24, 2.45) is 5.92 Å². The molecule has 88 valence electrons. The van der Waals surface area contributed by atoms with E-state index in [0.717, 1.165) is 17.5 Å². The maximum atomic E-state index is 11.7. The number of nitrogens with two attached hydrogens (primary N) is 1. The van der Waals surface area contributed by atoms with E-state index in [4.69, 9.17) is 5.73 Å². The van der Waals surface area contributed by atoms with Gasteiger partial charge in [-0.25, -0.2) is 0 Å². The summed E-state index contributed by atoms with van der Waals surface area (Å²) in [5.41, 5.74) is 6.22. The Morgan fingerprint density at radius 3 is 2.94 bits per heavy atom. The van der Waals surface area contributed by atoms with Crippen molar-refractivity contribution in [3.63, 3.8) is 0 Å². The average Bonchev–Trinajstić information content (AvgIpc) is 2.98. The van der Waals surface area contributed by atoms with Gasteiger partial charge in [0, 0.05) is 20.6 Å². The molecule has 16 heavy (non-hydrogen) atoms. The summed E-state index contributed by atoms with van der Waals surface area (Å²) < 4.78 is 4.05. The number of aromatic nitrogens is 1. The van der Waals surface area contributed by atoms with Crippen LogP contribution in [0, 0.1) is 5.92 Å². The lowest BCUT2D eigenvalue weighted by Crippen LogP contribution is -2.25. The van der Waals surface area contributed by atoms with E-state index in [1.54, 1.807) is 7.05 Å². The first-order valence-corrected chi connectivity index (χ1v) is 6.09. The summed E-state index contributed by atoms with van der Waals surface area (Å²) in [4.78, 5) is 13.8. The molecular weight excluding hydrogens is 224 g/mol. The van der Waals surface area contributed by atoms with E-state index in [0.29, 0.717) is 11.4 Å². The lowest BCUT2D eigenvalue weighted by atomic mass is 10.2.